The molecule has 1 aliphatic heterocycles. The monoisotopic (exact) mass is 248 g/mol. The number of hydrogen-bond acceptors (Lipinski definition) is 4. The number of carbonyl (C=O) groups is 1. The molecule has 0 aromatic carbocycles. The van der Waals surface area contributed by atoms with Gasteiger partial charge in [0.2, 0.25) is 0 Å². The molecule has 1 heterocycles. The van der Waals surface area contributed by atoms with Gasteiger partial charge in [-0.15, -0.1) is 0 Å². The van der Waals surface area contributed by atoms with Crippen LogP contribution in [0.2, 0.25) is 0 Å². The highest BCUT2D eigenvalue weighted by atomic mass is 16.6. The molecule has 0 aromatic heterocycles. The number of aliphatic hydroxyl groups is 1. The lowest BCUT2D eigenvalue weighted by Gasteiger charge is -2.32. The second-order valence-corrected chi connectivity index (χ2v) is 5.15. The number of aliphatic hydroxyl groups excluding tert-OH is 1. The first-order valence-corrected chi connectivity index (χ1v) is 6.05. The van der Waals surface area contributed by atoms with Crippen molar-refractivity contribution in [2.75, 3.05) is 26.7 Å². The number of nitrogens with two attached hydrogens (primary N) is 1. The number of ether oxygens (including phenoxy) is 1. The minimum absolute atomic E-state index is 0. The van der Waals surface area contributed by atoms with Gasteiger partial charge in [0.15, 0.2) is 0 Å². The zero-order valence-electron chi connectivity index (χ0n) is 11.4. The van der Waals surface area contributed by atoms with Crippen LogP contribution in [-0.4, -0.2) is 48.4 Å². The number of nitrogens with zero attached hydrogens (tertiary/aromatic N) is 1. The van der Waals surface area contributed by atoms with Gasteiger partial charge in [-0.1, -0.05) is 0 Å². The van der Waals surface area contributed by atoms with Gasteiger partial charge in [0, 0.05) is 21.6 Å². The first-order valence-electron chi connectivity index (χ1n) is 6.05. The summed E-state index contributed by atoms with van der Waals surface area (Å²) in [6.07, 6.45) is 1.80. The van der Waals surface area contributed by atoms with Crippen LogP contribution in [0.5, 0.6) is 0 Å². The van der Waals surface area contributed by atoms with Gasteiger partial charge in [-0.05, 0) is 46.1 Å². The second kappa shape index (κ2) is 7.50. The molecule has 104 valence electrons. The Bertz CT molecular complexity index is 224. The zero-order valence-corrected chi connectivity index (χ0v) is 11.4. The van der Waals surface area contributed by atoms with E-state index in [4.69, 9.17) is 15.6 Å². The van der Waals surface area contributed by atoms with Gasteiger partial charge in [0.05, 0.1) is 0 Å². The number of piperidine rings is 1. The number of hydrogen-bond donors (Lipinski definition) is 2. The van der Waals surface area contributed by atoms with Crippen molar-refractivity contribution in [1.29, 1.82) is 0 Å². The fraction of sp³-hybridized carbons (Fsp3) is 0.917. The van der Waals surface area contributed by atoms with E-state index in [-0.39, 0.29) is 7.52 Å². The molecule has 0 aromatic rings. The van der Waals surface area contributed by atoms with Gasteiger partial charge in [-0.2, -0.15) is 0 Å². The van der Waals surface area contributed by atoms with Gasteiger partial charge in [-0.25, -0.2) is 4.79 Å². The molecule has 5 heteroatoms. The first-order chi connectivity index (χ1) is 7.92. The molecule has 0 radical (unpaired) electrons. The van der Waals surface area contributed by atoms with Crippen LogP contribution in [0.4, 0.5) is 4.79 Å². The molecular formula is C12H28N2O3. The average Bonchev–Trinajstić information content (AvgIpc) is 2.29. The van der Waals surface area contributed by atoms with Crippen LogP contribution in [0.1, 0.15) is 35.0 Å². The summed E-state index contributed by atoms with van der Waals surface area (Å²) in [5, 5.41) is 7.00. The molecule has 17 heavy (non-hydrogen) atoms. The van der Waals surface area contributed by atoms with Gasteiger partial charge in [-0.3, -0.25) is 0 Å². The summed E-state index contributed by atoms with van der Waals surface area (Å²) in [6.45, 7) is 7.93. The highest BCUT2D eigenvalue weighted by Gasteiger charge is 2.25. The lowest BCUT2D eigenvalue weighted by atomic mass is 9.97. The van der Waals surface area contributed by atoms with Crippen LogP contribution >= 0.6 is 0 Å². The predicted octanol–water partition coefficient (Wildman–Crippen LogP) is 1.45. The van der Waals surface area contributed by atoms with Gasteiger partial charge in [0.25, 0.3) is 0 Å². The Morgan fingerprint density at radius 2 is 1.88 bits per heavy atom. The number of amides is 1. The molecular weight excluding hydrogens is 220 g/mol. The molecule has 0 unspecified atom stereocenters. The maximum Gasteiger partial charge on any atom is 0.410 e. The molecule has 0 atom stereocenters. The average molecular weight is 248 g/mol. The maximum atomic E-state index is 11.7. The summed E-state index contributed by atoms with van der Waals surface area (Å²) in [5.41, 5.74) is 5.19. The molecule has 1 rings (SSSR count). The zero-order chi connectivity index (χ0) is 13.5. The molecule has 1 fully saturated rings. The minimum Gasteiger partial charge on any atom is -0.444 e. The number of likely N-dealkylation sites (tertiary alicyclic amines) is 1. The Balaban J connectivity index is 0. The normalized spacial score (nSPS) is 17.2. The van der Waals surface area contributed by atoms with Crippen molar-refractivity contribution in [1.82, 2.24) is 4.90 Å². The van der Waals surface area contributed by atoms with Gasteiger partial charge in [0.1, 0.15) is 5.60 Å². The Hall–Kier alpha value is -0.810. The molecule has 0 saturated carbocycles. The fourth-order valence-corrected chi connectivity index (χ4v) is 1.68. The second-order valence-electron chi connectivity index (χ2n) is 5.15. The Labute approximate surface area is 105 Å². The van der Waals surface area contributed by atoms with Crippen LogP contribution in [0, 0.1) is 5.92 Å². The molecule has 0 bridgehead atoms. The van der Waals surface area contributed by atoms with E-state index in [0.717, 1.165) is 39.6 Å². The highest BCUT2D eigenvalue weighted by molar-refractivity contribution is 5.68. The van der Waals surface area contributed by atoms with Crippen LogP contribution in [0.15, 0.2) is 0 Å². The number of carbonyl (C=O) groups excluding carboxylic acids is 1. The van der Waals surface area contributed by atoms with Crippen LogP contribution in [0.25, 0.3) is 0 Å². The molecule has 0 aliphatic carbocycles. The topological polar surface area (TPSA) is 75.8 Å². The van der Waals surface area contributed by atoms with E-state index in [1.807, 2.05) is 20.8 Å². The fourth-order valence-electron chi connectivity index (χ4n) is 1.68. The molecule has 1 aliphatic rings. The Morgan fingerprint density at radius 3 is 2.24 bits per heavy atom. The number of rotatable bonds is 1. The summed E-state index contributed by atoms with van der Waals surface area (Å²) in [4.78, 5) is 13.5. The minimum atomic E-state index is -0.401. The van der Waals surface area contributed by atoms with E-state index in [1.54, 1.807) is 4.90 Å². The molecule has 1 amide bonds. The predicted molar refractivity (Wildman–Crippen MR) is 69.8 cm³/mol. The quantitative estimate of drug-likeness (QED) is 0.736. The molecule has 1 saturated heterocycles. The highest BCUT2D eigenvalue weighted by Crippen LogP contribution is 2.18. The van der Waals surface area contributed by atoms with Crippen LogP contribution in [-0.2, 0) is 4.74 Å². The van der Waals surface area contributed by atoms with Crippen LogP contribution in [0.3, 0.4) is 0 Å². The third-order valence-corrected chi connectivity index (χ3v) is 2.60. The van der Waals surface area contributed by atoms with Gasteiger partial charge >= 0.3 is 6.09 Å². The third kappa shape index (κ3) is 6.48. The molecule has 3 N–H and O–H groups in total. The standard InChI is InChI=1S/C11H22N2O2.CH4O.H2/c1-11(2,3)15-10(14)13-6-4-9(8-12)5-7-13;1-2;/h9H,4-8,12H2,1-3H3;2H,1H3;1H. The van der Waals surface area contributed by atoms with Crippen molar-refractivity contribution in [2.24, 2.45) is 11.7 Å². The van der Waals surface area contributed by atoms with E-state index in [0.29, 0.717) is 5.92 Å². The SMILES string of the molecule is CC(C)(C)OC(=O)N1CCC(CN)CC1.CO.[HH]. The molecule has 0 spiro atoms. The summed E-state index contributed by atoms with van der Waals surface area (Å²) >= 11 is 0. The summed E-state index contributed by atoms with van der Waals surface area (Å²) < 4.78 is 5.30. The van der Waals surface area contributed by atoms with Crippen LogP contribution < -0.4 is 5.73 Å². The first kappa shape index (κ1) is 16.2. The molecule has 5 nitrogen and oxygen atoms in total. The van der Waals surface area contributed by atoms with E-state index >= 15 is 0 Å². The van der Waals surface area contributed by atoms with Gasteiger partial charge < -0.3 is 20.5 Å². The van der Waals surface area contributed by atoms with Crippen molar-refractivity contribution in [3.8, 4) is 0 Å². The lowest BCUT2D eigenvalue weighted by molar-refractivity contribution is 0.0187. The van der Waals surface area contributed by atoms with Crippen molar-refractivity contribution in [2.45, 2.75) is 39.2 Å². The van der Waals surface area contributed by atoms with E-state index < -0.39 is 5.60 Å². The largest absolute Gasteiger partial charge is 0.444 e. The lowest BCUT2D eigenvalue weighted by Crippen LogP contribution is -2.42. The maximum absolute atomic E-state index is 11.7. The summed E-state index contributed by atoms with van der Waals surface area (Å²) in [6, 6.07) is 0. The van der Waals surface area contributed by atoms with E-state index in [2.05, 4.69) is 0 Å². The smallest absolute Gasteiger partial charge is 0.410 e. The Morgan fingerprint density at radius 1 is 1.41 bits per heavy atom. The third-order valence-electron chi connectivity index (χ3n) is 2.60. The summed E-state index contributed by atoms with van der Waals surface area (Å²) in [5.74, 6) is 0.573. The van der Waals surface area contributed by atoms with Crippen molar-refractivity contribution >= 4 is 6.09 Å². The van der Waals surface area contributed by atoms with Crippen molar-refractivity contribution in [3.05, 3.63) is 0 Å². The van der Waals surface area contributed by atoms with E-state index in [9.17, 15) is 4.79 Å². The van der Waals surface area contributed by atoms with E-state index in [1.165, 1.54) is 0 Å². The Kier molecular flexibility index (Phi) is 7.15. The van der Waals surface area contributed by atoms with Crippen molar-refractivity contribution < 1.29 is 16.1 Å². The van der Waals surface area contributed by atoms with Crippen molar-refractivity contribution in [3.63, 3.8) is 0 Å². The summed E-state index contributed by atoms with van der Waals surface area (Å²) in [7, 11) is 1.00.